The first kappa shape index (κ1) is 50.7. The van der Waals surface area contributed by atoms with E-state index in [-0.39, 0.29) is 67.2 Å². The molecule has 59 heavy (non-hydrogen) atoms. The van der Waals surface area contributed by atoms with Gasteiger partial charge in [-0.3, -0.25) is 33.8 Å². The van der Waals surface area contributed by atoms with Gasteiger partial charge in [-0.25, -0.2) is 4.79 Å². The average molecular weight is 848 g/mol. The van der Waals surface area contributed by atoms with Crippen LogP contribution in [0, 0.1) is 0 Å². The van der Waals surface area contributed by atoms with Crippen LogP contribution >= 0.6 is 11.8 Å². The first-order valence-corrected chi connectivity index (χ1v) is 22.5. The molecule has 18 heteroatoms. The second-order valence-electron chi connectivity index (χ2n) is 15.1. The Hall–Kier alpha value is -4.45. The number of nitrogens with two attached hydrogens (primary N) is 1. The number of carbonyl (C=O) groups is 7. The number of hydrogen-bond donors (Lipinski definition) is 8. The first-order valence-electron chi connectivity index (χ1n) is 21.2. The average Bonchev–Trinajstić information content (AvgIpc) is 3.76. The Morgan fingerprint density at radius 3 is 1.68 bits per heavy atom. The number of thioether (sulfide) groups is 1. The summed E-state index contributed by atoms with van der Waals surface area (Å²) in [6.45, 7) is 4.76. The lowest BCUT2D eigenvalue weighted by molar-refractivity contribution is -0.139. The maximum absolute atomic E-state index is 13.1. The number of pyridine rings is 1. The number of hydrogen-bond acceptors (Lipinski definition) is 10. The third-order valence-corrected chi connectivity index (χ3v) is 11.1. The smallest absolute Gasteiger partial charge is 0.312 e. The Labute approximate surface area is 353 Å². The summed E-state index contributed by atoms with van der Waals surface area (Å²) in [4.78, 5) is 91.1. The number of nitrogens with zero attached hydrogens (tertiary/aromatic N) is 2. The molecule has 9 N–H and O–H groups in total. The highest BCUT2D eigenvalue weighted by Gasteiger charge is 2.34. The molecule has 0 bridgehead atoms. The summed E-state index contributed by atoms with van der Waals surface area (Å²) < 4.78 is 0. The van der Waals surface area contributed by atoms with Crippen molar-refractivity contribution in [2.24, 2.45) is 5.73 Å². The molecule has 4 atom stereocenters. The van der Waals surface area contributed by atoms with Crippen molar-refractivity contribution in [3.8, 4) is 0 Å². The van der Waals surface area contributed by atoms with Gasteiger partial charge in [0.1, 0.15) is 12.1 Å². The number of aliphatic hydroxyl groups is 1. The molecule has 1 fully saturated rings. The number of rotatable bonds is 31. The summed E-state index contributed by atoms with van der Waals surface area (Å²) in [5.41, 5.74) is 5.69. The van der Waals surface area contributed by atoms with Gasteiger partial charge in [-0.15, -0.1) is 0 Å². The normalized spacial score (nSPS) is 14.3. The zero-order valence-electron chi connectivity index (χ0n) is 35.1. The second-order valence-corrected chi connectivity index (χ2v) is 16.2. The maximum Gasteiger partial charge on any atom is 0.312 e. The van der Waals surface area contributed by atoms with E-state index in [4.69, 9.17) is 5.73 Å². The number of likely N-dealkylation sites (tertiary alicyclic amines) is 1. The van der Waals surface area contributed by atoms with Crippen LogP contribution in [0.4, 0.5) is 4.79 Å². The van der Waals surface area contributed by atoms with Gasteiger partial charge in [0.15, 0.2) is 0 Å². The SMILES string of the molecule is CSC(CCCCC(=O)NCCCC(=O)NCCCC(=O)NCCCC(=O)NCCCCCC(=O)NC(C(=O)N1CCCC1)C(O)c1ccncc1)C[C@H](C)NC(N)=O. The number of nitrogens with one attached hydrogen (secondary N) is 6. The fourth-order valence-electron chi connectivity index (χ4n) is 6.69. The van der Waals surface area contributed by atoms with Crippen LogP contribution in [0.25, 0.3) is 0 Å². The molecule has 0 aliphatic carbocycles. The molecule has 1 aliphatic heterocycles. The molecule has 3 unspecified atom stereocenters. The molecule has 1 aromatic rings. The summed E-state index contributed by atoms with van der Waals surface area (Å²) >= 11 is 1.74. The first-order chi connectivity index (χ1) is 28.4. The molecular weight excluding hydrogens is 779 g/mol. The van der Waals surface area contributed by atoms with Gasteiger partial charge in [-0.1, -0.05) is 12.8 Å². The van der Waals surface area contributed by atoms with E-state index in [0.717, 1.165) is 38.5 Å². The predicted molar refractivity (Wildman–Crippen MR) is 228 cm³/mol. The van der Waals surface area contributed by atoms with Crippen molar-refractivity contribution in [1.29, 1.82) is 0 Å². The minimum atomic E-state index is -1.19. The molecule has 8 amide bonds. The zero-order valence-corrected chi connectivity index (χ0v) is 35.9. The summed E-state index contributed by atoms with van der Waals surface area (Å²) in [6, 6.07) is 1.65. The van der Waals surface area contributed by atoms with Crippen LogP contribution in [0.3, 0.4) is 0 Å². The molecular formula is C41H69N9O8S. The van der Waals surface area contributed by atoms with Gasteiger partial charge in [0, 0.05) is 95.1 Å². The van der Waals surface area contributed by atoms with Crippen LogP contribution in [-0.2, 0) is 28.8 Å². The predicted octanol–water partition coefficient (Wildman–Crippen LogP) is 2.33. The molecule has 2 heterocycles. The molecule has 1 aliphatic rings. The number of aromatic nitrogens is 1. The zero-order chi connectivity index (χ0) is 43.3. The molecule has 0 aromatic carbocycles. The van der Waals surface area contributed by atoms with E-state index in [9.17, 15) is 38.7 Å². The number of amides is 8. The molecule has 1 aromatic heterocycles. The Morgan fingerprint density at radius 2 is 1.17 bits per heavy atom. The van der Waals surface area contributed by atoms with Crippen molar-refractivity contribution in [2.75, 3.05) is 45.5 Å². The number of urea groups is 1. The van der Waals surface area contributed by atoms with Crippen LogP contribution in [0.15, 0.2) is 24.5 Å². The van der Waals surface area contributed by atoms with Gasteiger partial charge in [0.2, 0.25) is 35.4 Å². The lowest BCUT2D eigenvalue weighted by atomic mass is 10.0. The van der Waals surface area contributed by atoms with Gasteiger partial charge in [0.05, 0.1) is 0 Å². The molecule has 332 valence electrons. The van der Waals surface area contributed by atoms with Crippen molar-refractivity contribution in [2.45, 2.75) is 140 Å². The number of unbranched alkanes of at least 4 members (excludes halogenated alkanes) is 3. The summed E-state index contributed by atoms with van der Waals surface area (Å²) in [5.74, 6) is -1.04. The summed E-state index contributed by atoms with van der Waals surface area (Å²) in [6.07, 6.45) is 14.0. The fourth-order valence-corrected chi connectivity index (χ4v) is 7.58. The van der Waals surface area contributed by atoms with E-state index in [1.54, 1.807) is 28.8 Å². The molecule has 17 nitrogen and oxygen atoms in total. The lowest BCUT2D eigenvalue weighted by Crippen LogP contribution is -2.51. The molecule has 0 spiro atoms. The van der Waals surface area contributed by atoms with Crippen molar-refractivity contribution < 1.29 is 38.7 Å². The highest BCUT2D eigenvalue weighted by molar-refractivity contribution is 7.99. The van der Waals surface area contributed by atoms with Crippen LogP contribution in [-0.4, -0.2) is 119 Å². The van der Waals surface area contributed by atoms with Crippen molar-refractivity contribution in [3.05, 3.63) is 30.1 Å². The second kappa shape index (κ2) is 30.6. The van der Waals surface area contributed by atoms with Crippen molar-refractivity contribution in [3.63, 3.8) is 0 Å². The van der Waals surface area contributed by atoms with E-state index in [1.807, 2.05) is 13.2 Å². The van der Waals surface area contributed by atoms with Crippen molar-refractivity contribution in [1.82, 2.24) is 41.8 Å². The monoisotopic (exact) mass is 847 g/mol. The van der Waals surface area contributed by atoms with E-state index in [1.165, 1.54) is 12.4 Å². The van der Waals surface area contributed by atoms with Crippen LogP contribution < -0.4 is 37.6 Å². The highest BCUT2D eigenvalue weighted by atomic mass is 32.2. The minimum Gasteiger partial charge on any atom is -0.386 e. The number of primary amides is 1. The van der Waals surface area contributed by atoms with Gasteiger partial charge in [0.25, 0.3) is 0 Å². The summed E-state index contributed by atoms with van der Waals surface area (Å²) in [7, 11) is 0. The number of carbonyl (C=O) groups excluding carboxylic acids is 7. The third kappa shape index (κ3) is 23.7. The van der Waals surface area contributed by atoms with Gasteiger partial charge in [-0.05, 0) is 95.1 Å². The summed E-state index contributed by atoms with van der Waals surface area (Å²) in [5, 5.41) is 28.1. The van der Waals surface area contributed by atoms with Gasteiger partial charge >= 0.3 is 6.03 Å². The molecule has 2 rings (SSSR count). The van der Waals surface area contributed by atoms with E-state index < -0.39 is 18.2 Å². The Bertz CT molecular complexity index is 1430. The molecule has 1 saturated heterocycles. The molecule has 0 radical (unpaired) electrons. The van der Waals surface area contributed by atoms with E-state index in [2.05, 4.69) is 36.9 Å². The van der Waals surface area contributed by atoms with Crippen LogP contribution in [0.2, 0.25) is 0 Å². The van der Waals surface area contributed by atoms with Crippen LogP contribution in [0.5, 0.6) is 0 Å². The fraction of sp³-hybridized carbons (Fsp3) is 0.707. The Morgan fingerprint density at radius 1 is 0.695 bits per heavy atom. The van der Waals surface area contributed by atoms with Gasteiger partial charge in [-0.2, -0.15) is 11.8 Å². The molecule has 0 saturated carbocycles. The Kier molecular flexibility index (Phi) is 26.3. The quantitative estimate of drug-likeness (QED) is 0.0507. The van der Waals surface area contributed by atoms with Crippen molar-refractivity contribution >= 4 is 53.2 Å². The standard InChI is InChI=1S/C41H69N9O8S/c1-30(48-41(42)58)29-32(59-2)13-5-6-14-33(51)45-22-11-17-35(53)47-24-12-18-36(54)46-23-10-16-34(52)44-21-7-3-4-15-37(55)49-38(40(57)50-27-8-9-28-50)39(56)31-19-25-43-26-20-31/h19-20,25-26,30,32,38-39,56H,3-18,21-24,27-29H2,1-2H3,(H,44,52)(H,45,51)(H,46,54)(H,47,53)(H,49,55)(H3,42,48,58)/t30-,32?,38?,39?/m0/s1. The lowest BCUT2D eigenvalue weighted by Gasteiger charge is -2.28. The topological polar surface area (TPSA) is 254 Å². The maximum atomic E-state index is 13.1. The third-order valence-electron chi connectivity index (χ3n) is 9.99. The number of aliphatic hydroxyl groups excluding tert-OH is 1. The Balaban J connectivity index is 1.43. The highest BCUT2D eigenvalue weighted by Crippen LogP contribution is 2.21. The largest absolute Gasteiger partial charge is 0.386 e. The van der Waals surface area contributed by atoms with Gasteiger partial charge < -0.3 is 47.6 Å². The minimum absolute atomic E-state index is 0.00366. The van der Waals surface area contributed by atoms with Crippen LogP contribution in [0.1, 0.15) is 128 Å². The van der Waals surface area contributed by atoms with E-state index >= 15 is 0 Å². The van der Waals surface area contributed by atoms with E-state index in [0.29, 0.717) is 95.0 Å².